The van der Waals surface area contributed by atoms with E-state index in [4.69, 9.17) is 4.74 Å². The minimum atomic E-state index is -0.231. The molecule has 0 saturated heterocycles. The molecule has 0 aliphatic heterocycles. The summed E-state index contributed by atoms with van der Waals surface area (Å²) in [4.78, 5) is 0. The van der Waals surface area contributed by atoms with Crippen LogP contribution in [0.3, 0.4) is 0 Å². The van der Waals surface area contributed by atoms with Crippen LogP contribution in [-0.4, -0.2) is 24.4 Å². The standard InChI is InChI=1S/C21H36O2/c1-18(2)11-8-10-16-14-17(15-22)20(5,21(16,18)6)13-9-12-19(3,4)23-7/h9-10,12,17,22H,8,11,13-15H2,1-7H3/b12-9+/t17-,20-,21-/m0/s1. The van der Waals surface area contributed by atoms with Crippen LogP contribution in [0.4, 0.5) is 0 Å². The monoisotopic (exact) mass is 320 g/mol. The minimum absolute atomic E-state index is 0.0812. The van der Waals surface area contributed by atoms with Crippen LogP contribution in [0.2, 0.25) is 0 Å². The summed E-state index contributed by atoms with van der Waals surface area (Å²) in [7, 11) is 1.75. The Morgan fingerprint density at radius 2 is 1.96 bits per heavy atom. The minimum Gasteiger partial charge on any atom is -0.396 e. The number of rotatable bonds is 5. The molecule has 132 valence electrons. The second-order valence-corrected chi connectivity index (χ2v) is 9.19. The molecule has 23 heavy (non-hydrogen) atoms. The Morgan fingerprint density at radius 1 is 1.30 bits per heavy atom. The maximum absolute atomic E-state index is 10.1. The molecule has 2 aliphatic carbocycles. The molecular weight excluding hydrogens is 284 g/mol. The quantitative estimate of drug-likeness (QED) is 0.712. The van der Waals surface area contributed by atoms with E-state index in [1.807, 2.05) is 0 Å². The van der Waals surface area contributed by atoms with Gasteiger partial charge >= 0.3 is 0 Å². The van der Waals surface area contributed by atoms with E-state index in [2.05, 4.69) is 59.8 Å². The first kappa shape index (κ1) is 18.7. The van der Waals surface area contributed by atoms with Crippen molar-refractivity contribution in [1.82, 2.24) is 0 Å². The van der Waals surface area contributed by atoms with Gasteiger partial charge in [0.25, 0.3) is 0 Å². The predicted molar refractivity (Wildman–Crippen MR) is 97.3 cm³/mol. The molecular formula is C21H36O2. The summed E-state index contributed by atoms with van der Waals surface area (Å²) in [6.07, 6.45) is 11.4. The Hall–Kier alpha value is -0.600. The highest BCUT2D eigenvalue weighted by atomic mass is 16.5. The number of fused-ring (bicyclic) bond motifs is 1. The van der Waals surface area contributed by atoms with Crippen LogP contribution in [0.1, 0.15) is 67.2 Å². The first-order valence-corrected chi connectivity index (χ1v) is 9.07. The molecule has 0 bridgehead atoms. The van der Waals surface area contributed by atoms with Gasteiger partial charge in [-0.15, -0.1) is 0 Å². The van der Waals surface area contributed by atoms with Crippen molar-refractivity contribution >= 4 is 0 Å². The van der Waals surface area contributed by atoms with Crippen molar-refractivity contribution in [1.29, 1.82) is 0 Å². The van der Waals surface area contributed by atoms with Crippen LogP contribution >= 0.6 is 0 Å². The van der Waals surface area contributed by atoms with Gasteiger partial charge < -0.3 is 9.84 Å². The third-order valence-corrected chi connectivity index (χ3v) is 7.47. The fraction of sp³-hybridized carbons (Fsp3) is 0.810. The summed E-state index contributed by atoms with van der Waals surface area (Å²) in [5.74, 6) is 0.339. The van der Waals surface area contributed by atoms with Crippen molar-refractivity contribution in [3.8, 4) is 0 Å². The van der Waals surface area contributed by atoms with Crippen LogP contribution in [0.15, 0.2) is 23.8 Å². The normalized spacial score (nSPS) is 37.0. The zero-order valence-corrected chi connectivity index (χ0v) is 16.2. The summed E-state index contributed by atoms with van der Waals surface area (Å²) < 4.78 is 5.51. The van der Waals surface area contributed by atoms with Gasteiger partial charge in [-0.1, -0.05) is 51.5 Å². The van der Waals surface area contributed by atoms with Gasteiger partial charge in [-0.05, 0) is 61.7 Å². The van der Waals surface area contributed by atoms with Crippen molar-refractivity contribution in [2.75, 3.05) is 13.7 Å². The Balaban J connectivity index is 2.39. The summed E-state index contributed by atoms with van der Waals surface area (Å²) in [5, 5.41) is 10.1. The largest absolute Gasteiger partial charge is 0.396 e. The number of aliphatic hydroxyl groups excluding tert-OH is 1. The Morgan fingerprint density at radius 3 is 2.52 bits per heavy atom. The average Bonchev–Trinajstić information content (AvgIpc) is 2.69. The Bertz CT molecular complexity index is 500. The van der Waals surface area contributed by atoms with Gasteiger partial charge in [0.05, 0.1) is 5.60 Å². The molecule has 1 N–H and O–H groups in total. The predicted octanol–water partition coefficient (Wildman–Crippen LogP) is 5.13. The van der Waals surface area contributed by atoms with Gasteiger partial charge in [0.1, 0.15) is 0 Å². The highest BCUT2D eigenvalue weighted by molar-refractivity contribution is 5.32. The second kappa shape index (κ2) is 6.04. The third-order valence-electron chi connectivity index (χ3n) is 7.47. The zero-order valence-electron chi connectivity index (χ0n) is 16.2. The molecule has 1 saturated carbocycles. The van der Waals surface area contributed by atoms with E-state index < -0.39 is 0 Å². The first-order chi connectivity index (χ1) is 10.5. The van der Waals surface area contributed by atoms with Crippen molar-refractivity contribution in [3.05, 3.63) is 23.8 Å². The molecule has 1 fully saturated rings. The lowest BCUT2D eigenvalue weighted by atomic mass is 9.48. The topological polar surface area (TPSA) is 29.5 Å². The lowest BCUT2D eigenvalue weighted by Crippen LogP contribution is -2.49. The van der Waals surface area contributed by atoms with Gasteiger partial charge in [0, 0.05) is 13.7 Å². The molecule has 0 radical (unpaired) electrons. The second-order valence-electron chi connectivity index (χ2n) is 9.19. The molecule has 3 atom stereocenters. The summed E-state index contributed by atoms with van der Waals surface area (Å²) in [6, 6.07) is 0. The SMILES string of the molecule is COC(C)(C)/C=C/C[C@@]1(C)[C@H](CO)CC2=CCCC(C)(C)[C@]21C. The van der Waals surface area contributed by atoms with Gasteiger partial charge in [-0.25, -0.2) is 0 Å². The number of allylic oxidation sites excluding steroid dienone is 3. The van der Waals surface area contributed by atoms with E-state index in [1.54, 1.807) is 12.7 Å². The van der Waals surface area contributed by atoms with Crippen LogP contribution in [0.25, 0.3) is 0 Å². The van der Waals surface area contributed by atoms with E-state index in [0.717, 1.165) is 12.8 Å². The number of hydrogen-bond donors (Lipinski definition) is 1. The molecule has 2 nitrogen and oxygen atoms in total. The first-order valence-electron chi connectivity index (χ1n) is 9.07. The molecule has 0 aromatic rings. The molecule has 0 amide bonds. The molecule has 2 heteroatoms. The highest BCUT2D eigenvalue weighted by Crippen LogP contribution is 2.70. The van der Waals surface area contributed by atoms with E-state index in [9.17, 15) is 5.11 Å². The molecule has 0 unspecified atom stereocenters. The molecule has 2 rings (SSSR count). The van der Waals surface area contributed by atoms with Crippen molar-refractivity contribution in [3.63, 3.8) is 0 Å². The summed E-state index contributed by atoms with van der Waals surface area (Å²) in [5.41, 5.74) is 1.84. The third kappa shape index (κ3) is 2.82. The lowest BCUT2D eigenvalue weighted by molar-refractivity contribution is -0.0379. The highest BCUT2D eigenvalue weighted by Gasteiger charge is 2.62. The molecule has 2 aliphatic rings. The number of methoxy groups -OCH3 is 1. The van der Waals surface area contributed by atoms with Gasteiger partial charge in [-0.3, -0.25) is 0 Å². The zero-order chi connectivity index (χ0) is 17.5. The van der Waals surface area contributed by atoms with E-state index in [-0.39, 0.29) is 28.5 Å². The maximum atomic E-state index is 10.1. The number of ether oxygens (including phenoxy) is 1. The Kier molecular flexibility index (Phi) is 4.92. The van der Waals surface area contributed by atoms with E-state index >= 15 is 0 Å². The fourth-order valence-electron chi connectivity index (χ4n) is 5.11. The number of hydrogen-bond acceptors (Lipinski definition) is 2. The van der Waals surface area contributed by atoms with Crippen LogP contribution in [-0.2, 0) is 4.74 Å². The van der Waals surface area contributed by atoms with Gasteiger partial charge in [-0.2, -0.15) is 0 Å². The Labute approximate surface area is 143 Å². The molecule has 0 spiro atoms. The van der Waals surface area contributed by atoms with Gasteiger partial charge in [0.15, 0.2) is 0 Å². The van der Waals surface area contributed by atoms with Gasteiger partial charge in [0.2, 0.25) is 0 Å². The van der Waals surface area contributed by atoms with E-state index in [1.165, 1.54) is 12.8 Å². The maximum Gasteiger partial charge on any atom is 0.0802 e. The van der Waals surface area contributed by atoms with Crippen molar-refractivity contribution < 1.29 is 9.84 Å². The summed E-state index contributed by atoms with van der Waals surface area (Å²) >= 11 is 0. The van der Waals surface area contributed by atoms with Crippen LogP contribution in [0, 0.1) is 22.2 Å². The van der Waals surface area contributed by atoms with Crippen LogP contribution < -0.4 is 0 Å². The van der Waals surface area contributed by atoms with Crippen LogP contribution in [0.5, 0.6) is 0 Å². The summed E-state index contributed by atoms with van der Waals surface area (Å²) in [6.45, 7) is 14.1. The van der Waals surface area contributed by atoms with E-state index in [0.29, 0.717) is 5.92 Å². The fourth-order valence-corrected chi connectivity index (χ4v) is 5.11. The lowest BCUT2D eigenvalue weighted by Gasteiger charge is -2.55. The molecule has 0 aromatic heterocycles. The molecule has 0 heterocycles. The van der Waals surface area contributed by atoms with Crippen molar-refractivity contribution in [2.24, 2.45) is 22.2 Å². The smallest absolute Gasteiger partial charge is 0.0802 e. The number of aliphatic hydroxyl groups is 1. The average molecular weight is 321 g/mol. The molecule has 0 aromatic carbocycles. The van der Waals surface area contributed by atoms with Crippen molar-refractivity contribution in [2.45, 2.75) is 72.8 Å².